The molecule has 28 heavy (non-hydrogen) atoms. The van der Waals surface area contributed by atoms with E-state index >= 15 is 0 Å². The number of amides is 1. The number of hydrogen-bond donors (Lipinski definition) is 1. The molecule has 1 amide bonds. The molecule has 146 valence electrons. The van der Waals surface area contributed by atoms with Crippen LogP contribution in [0.1, 0.15) is 37.3 Å². The fourth-order valence-corrected chi connectivity index (χ4v) is 3.61. The Morgan fingerprint density at radius 3 is 2.29 bits per heavy atom. The van der Waals surface area contributed by atoms with Crippen molar-refractivity contribution < 1.29 is 22.3 Å². The minimum absolute atomic E-state index is 0.100. The SMILES string of the molecule is CCC(NC(=O)Oc1ccc(F)cc1)C(C(C)c1ccc(C#N)cc1)=S(=O)=O. The van der Waals surface area contributed by atoms with Crippen molar-refractivity contribution in [1.82, 2.24) is 5.32 Å². The van der Waals surface area contributed by atoms with E-state index in [1.54, 1.807) is 38.1 Å². The number of nitrogens with one attached hydrogen (secondary N) is 1. The molecule has 0 aliphatic heterocycles. The highest BCUT2D eigenvalue weighted by atomic mass is 32.2. The second kappa shape index (κ2) is 9.67. The van der Waals surface area contributed by atoms with E-state index in [4.69, 9.17) is 10.00 Å². The molecule has 8 heteroatoms. The van der Waals surface area contributed by atoms with Gasteiger partial charge in [0.2, 0.25) is 10.3 Å². The maximum atomic E-state index is 12.9. The second-order valence-corrected chi connectivity index (χ2v) is 6.98. The third kappa shape index (κ3) is 5.41. The molecule has 0 radical (unpaired) electrons. The summed E-state index contributed by atoms with van der Waals surface area (Å²) >= 11 is 0. The summed E-state index contributed by atoms with van der Waals surface area (Å²) < 4.78 is 41.8. The van der Waals surface area contributed by atoms with Gasteiger partial charge in [0.05, 0.1) is 22.5 Å². The zero-order chi connectivity index (χ0) is 20.7. The van der Waals surface area contributed by atoms with E-state index in [2.05, 4.69) is 5.32 Å². The van der Waals surface area contributed by atoms with Gasteiger partial charge in [0.25, 0.3) is 0 Å². The first kappa shape index (κ1) is 21.1. The van der Waals surface area contributed by atoms with Crippen LogP contribution in [0, 0.1) is 17.1 Å². The number of nitriles is 1. The van der Waals surface area contributed by atoms with Gasteiger partial charge in [-0.2, -0.15) is 13.7 Å². The first-order chi connectivity index (χ1) is 13.3. The fourth-order valence-electron chi connectivity index (χ4n) is 2.73. The zero-order valence-electron chi connectivity index (χ0n) is 15.3. The van der Waals surface area contributed by atoms with Gasteiger partial charge < -0.3 is 10.1 Å². The predicted molar refractivity (Wildman–Crippen MR) is 103 cm³/mol. The molecule has 0 saturated carbocycles. The van der Waals surface area contributed by atoms with Crippen LogP contribution in [-0.2, 0) is 10.3 Å². The first-order valence-electron chi connectivity index (χ1n) is 8.55. The van der Waals surface area contributed by atoms with E-state index < -0.39 is 34.2 Å². The predicted octanol–water partition coefficient (Wildman–Crippen LogP) is 3.42. The van der Waals surface area contributed by atoms with Gasteiger partial charge in [-0.15, -0.1) is 0 Å². The van der Waals surface area contributed by atoms with E-state index in [-0.39, 0.29) is 10.6 Å². The van der Waals surface area contributed by atoms with Crippen LogP contribution in [0.25, 0.3) is 0 Å². The summed E-state index contributed by atoms with van der Waals surface area (Å²) in [5.74, 6) is -0.839. The molecular formula is C20H19FN2O4S. The molecule has 1 N–H and O–H groups in total. The minimum Gasteiger partial charge on any atom is -0.410 e. The van der Waals surface area contributed by atoms with Gasteiger partial charge in [-0.25, -0.2) is 9.18 Å². The number of hydrogen-bond acceptors (Lipinski definition) is 5. The van der Waals surface area contributed by atoms with Crippen molar-refractivity contribution in [2.24, 2.45) is 0 Å². The van der Waals surface area contributed by atoms with Crippen LogP contribution in [-0.4, -0.2) is 25.4 Å². The number of benzene rings is 2. The topological polar surface area (TPSA) is 96.3 Å². The van der Waals surface area contributed by atoms with Crippen molar-refractivity contribution >= 4 is 21.3 Å². The Balaban J connectivity index is 2.20. The number of nitrogens with zero attached hydrogens (tertiary/aromatic N) is 1. The van der Waals surface area contributed by atoms with Gasteiger partial charge in [0.15, 0.2) is 0 Å². The summed E-state index contributed by atoms with van der Waals surface area (Å²) in [4.78, 5) is 12.3. The van der Waals surface area contributed by atoms with Crippen LogP contribution in [0.3, 0.4) is 0 Å². The molecule has 0 aliphatic rings. The third-order valence-electron chi connectivity index (χ3n) is 4.23. The molecule has 2 unspecified atom stereocenters. The maximum Gasteiger partial charge on any atom is 0.413 e. The molecule has 0 bridgehead atoms. The largest absolute Gasteiger partial charge is 0.413 e. The molecule has 2 aromatic rings. The Kier molecular flexibility index (Phi) is 7.29. The minimum atomic E-state index is -2.56. The van der Waals surface area contributed by atoms with Gasteiger partial charge in [-0.05, 0) is 48.4 Å². The van der Waals surface area contributed by atoms with E-state index in [0.29, 0.717) is 17.5 Å². The van der Waals surface area contributed by atoms with Gasteiger partial charge in [-0.3, -0.25) is 0 Å². The number of ether oxygens (including phenoxy) is 1. The molecule has 0 aliphatic carbocycles. The monoisotopic (exact) mass is 402 g/mol. The van der Waals surface area contributed by atoms with Crippen molar-refractivity contribution in [3.8, 4) is 11.8 Å². The standard InChI is InChI=1S/C20H19FN2O4S/c1-3-18(23-20(24)27-17-10-8-16(21)9-11-17)19(28(25)26)13(2)15-6-4-14(12-22)5-7-15/h4-11,13,18H,3H2,1-2H3,(H,23,24). The summed E-state index contributed by atoms with van der Waals surface area (Å²) in [6, 6.07) is 12.7. The normalized spacial score (nSPS) is 12.4. The quantitative estimate of drug-likeness (QED) is 0.747. The smallest absolute Gasteiger partial charge is 0.410 e. The molecular weight excluding hydrogens is 383 g/mol. The molecule has 2 rings (SSSR count). The Morgan fingerprint density at radius 1 is 1.18 bits per heavy atom. The van der Waals surface area contributed by atoms with Gasteiger partial charge in [0, 0.05) is 5.92 Å². The fraction of sp³-hybridized carbons (Fsp3) is 0.250. The Hall–Kier alpha value is -3.18. The second-order valence-electron chi connectivity index (χ2n) is 6.04. The highest BCUT2D eigenvalue weighted by molar-refractivity contribution is 7.73. The lowest BCUT2D eigenvalue weighted by atomic mass is 9.92. The van der Waals surface area contributed by atoms with Crippen LogP contribution in [0.4, 0.5) is 9.18 Å². The van der Waals surface area contributed by atoms with Gasteiger partial charge in [0.1, 0.15) is 11.6 Å². The number of halogens is 1. The summed E-state index contributed by atoms with van der Waals surface area (Å²) in [6.07, 6.45) is -0.518. The number of carbonyl (C=O) groups is 1. The third-order valence-corrected chi connectivity index (χ3v) is 5.25. The van der Waals surface area contributed by atoms with Crippen molar-refractivity contribution in [1.29, 1.82) is 5.26 Å². The van der Waals surface area contributed by atoms with Crippen molar-refractivity contribution in [3.63, 3.8) is 0 Å². The van der Waals surface area contributed by atoms with E-state index in [0.717, 1.165) is 12.1 Å². The zero-order valence-corrected chi connectivity index (χ0v) is 16.2. The number of rotatable bonds is 6. The average molecular weight is 402 g/mol. The van der Waals surface area contributed by atoms with Crippen molar-refractivity contribution in [2.45, 2.75) is 32.2 Å². The van der Waals surface area contributed by atoms with Gasteiger partial charge in [-0.1, -0.05) is 26.0 Å². The van der Waals surface area contributed by atoms with Crippen LogP contribution < -0.4 is 10.1 Å². The highest BCUT2D eigenvalue weighted by Gasteiger charge is 2.25. The van der Waals surface area contributed by atoms with Crippen LogP contribution in [0.5, 0.6) is 5.75 Å². The molecule has 0 heterocycles. The highest BCUT2D eigenvalue weighted by Crippen LogP contribution is 2.20. The number of carbonyl (C=O) groups excluding carboxylic acids is 1. The Bertz CT molecular complexity index is 1000. The molecule has 0 spiro atoms. The molecule has 0 saturated heterocycles. The summed E-state index contributed by atoms with van der Waals surface area (Å²) in [7, 11) is -2.56. The molecule has 2 aromatic carbocycles. The lowest BCUT2D eigenvalue weighted by Gasteiger charge is -2.22. The van der Waals surface area contributed by atoms with E-state index in [1.807, 2.05) is 6.07 Å². The van der Waals surface area contributed by atoms with Crippen molar-refractivity contribution in [2.75, 3.05) is 0 Å². The lowest BCUT2D eigenvalue weighted by Crippen LogP contribution is -2.44. The van der Waals surface area contributed by atoms with Gasteiger partial charge >= 0.3 is 6.09 Å². The summed E-state index contributed by atoms with van der Waals surface area (Å²) in [6.45, 7) is 3.45. The van der Waals surface area contributed by atoms with E-state index in [1.165, 1.54) is 12.1 Å². The Labute approximate surface area is 164 Å². The van der Waals surface area contributed by atoms with Crippen LogP contribution >= 0.6 is 0 Å². The molecule has 0 fully saturated rings. The Morgan fingerprint density at radius 2 is 1.79 bits per heavy atom. The first-order valence-corrected chi connectivity index (χ1v) is 9.63. The molecule has 6 nitrogen and oxygen atoms in total. The lowest BCUT2D eigenvalue weighted by molar-refractivity contribution is 0.198. The summed E-state index contributed by atoms with van der Waals surface area (Å²) in [5.41, 5.74) is 1.17. The molecule has 2 atom stereocenters. The van der Waals surface area contributed by atoms with E-state index in [9.17, 15) is 17.6 Å². The average Bonchev–Trinajstić information content (AvgIpc) is 2.68. The molecule has 0 aromatic heterocycles. The van der Waals surface area contributed by atoms with Crippen LogP contribution in [0.2, 0.25) is 0 Å². The van der Waals surface area contributed by atoms with Crippen molar-refractivity contribution in [3.05, 3.63) is 65.5 Å². The summed E-state index contributed by atoms with van der Waals surface area (Å²) in [5, 5.41) is 11.4. The van der Waals surface area contributed by atoms with Crippen LogP contribution in [0.15, 0.2) is 48.5 Å². The maximum absolute atomic E-state index is 12.9.